The second-order valence-corrected chi connectivity index (χ2v) is 12.4. The predicted octanol–water partition coefficient (Wildman–Crippen LogP) is 3.15. The SMILES string of the molecule is Cc1ccc(C=Cc2onc(C)c2S(=O)(=O)N2CCC(C(=O)Nc3ccc(S(N)(=O)=O)cc3)CC2)cc1. The molecule has 4 rings (SSSR count). The molecule has 2 heterocycles. The predicted molar refractivity (Wildman–Crippen MR) is 139 cm³/mol. The van der Waals surface area contributed by atoms with Gasteiger partial charge in [-0.2, -0.15) is 4.31 Å². The zero-order valence-corrected chi connectivity index (χ0v) is 22.1. The summed E-state index contributed by atoms with van der Waals surface area (Å²) in [4.78, 5) is 12.7. The fraction of sp³-hybridized carbons (Fsp3) is 0.280. The molecule has 3 aromatic rings. The summed E-state index contributed by atoms with van der Waals surface area (Å²) in [5, 5.41) is 11.7. The average Bonchev–Trinajstić information content (AvgIpc) is 3.24. The van der Waals surface area contributed by atoms with Gasteiger partial charge in [0.15, 0.2) is 10.7 Å². The number of sulfonamides is 2. The Morgan fingerprint density at radius 3 is 2.22 bits per heavy atom. The molecule has 0 bridgehead atoms. The molecule has 37 heavy (non-hydrogen) atoms. The number of benzene rings is 2. The maximum absolute atomic E-state index is 13.5. The van der Waals surface area contributed by atoms with E-state index in [-0.39, 0.29) is 40.2 Å². The Bertz CT molecular complexity index is 1520. The number of primary sulfonamides is 1. The van der Waals surface area contributed by atoms with Gasteiger partial charge in [-0.3, -0.25) is 4.79 Å². The number of aromatic nitrogens is 1. The highest BCUT2D eigenvalue weighted by atomic mass is 32.2. The molecule has 1 aliphatic rings. The fourth-order valence-corrected chi connectivity index (χ4v) is 6.34. The minimum Gasteiger partial charge on any atom is -0.355 e. The van der Waals surface area contributed by atoms with Crippen LogP contribution in [0.2, 0.25) is 0 Å². The second-order valence-electron chi connectivity index (χ2n) is 8.94. The number of carbonyl (C=O) groups is 1. The molecular weight excluding hydrogens is 516 g/mol. The van der Waals surface area contributed by atoms with Crippen molar-refractivity contribution >= 4 is 43.8 Å². The van der Waals surface area contributed by atoms with E-state index >= 15 is 0 Å². The Labute approximate surface area is 216 Å². The van der Waals surface area contributed by atoms with E-state index in [1.165, 1.54) is 28.6 Å². The van der Waals surface area contributed by atoms with E-state index in [4.69, 9.17) is 9.66 Å². The van der Waals surface area contributed by atoms with E-state index in [2.05, 4.69) is 10.5 Å². The van der Waals surface area contributed by atoms with Gasteiger partial charge in [0.25, 0.3) is 0 Å². The van der Waals surface area contributed by atoms with E-state index in [1.807, 2.05) is 31.2 Å². The number of nitrogens with one attached hydrogen (secondary N) is 1. The molecule has 10 nitrogen and oxygen atoms in total. The molecular formula is C25H28N4O6S2. The van der Waals surface area contributed by atoms with Gasteiger partial charge in [-0.15, -0.1) is 0 Å². The zero-order valence-electron chi connectivity index (χ0n) is 20.4. The molecule has 2 aromatic carbocycles. The normalized spacial score (nSPS) is 15.8. The standard InChI is InChI=1S/C25H28N4O6S2/c1-17-3-5-19(6-4-17)7-12-23-24(18(2)28-35-23)37(33,34)29-15-13-20(14-16-29)25(30)27-21-8-10-22(11-9-21)36(26,31)32/h3-12,20H,13-16H2,1-2H3,(H,27,30)(H2,26,31,32). The third-order valence-electron chi connectivity index (χ3n) is 6.21. The largest absolute Gasteiger partial charge is 0.355 e. The Morgan fingerprint density at radius 1 is 1.00 bits per heavy atom. The van der Waals surface area contributed by atoms with Gasteiger partial charge in [0.1, 0.15) is 5.69 Å². The van der Waals surface area contributed by atoms with Crippen molar-refractivity contribution in [2.24, 2.45) is 11.1 Å². The van der Waals surface area contributed by atoms with Gasteiger partial charge < -0.3 is 9.84 Å². The van der Waals surface area contributed by atoms with Gasteiger partial charge in [-0.05, 0) is 62.6 Å². The van der Waals surface area contributed by atoms with Gasteiger partial charge in [-0.1, -0.05) is 41.1 Å². The van der Waals surface area contributed by atoms with Crippen LogP contribution in [0.1, 0.15) is 35.4 Å². The quantitative estimate of drug-likeness (QED) is 0.463. The van der Waals surface area contributed by atoms with Crippen LogP contribution in [0.25, 0.3) is 12.2 Å². The van der Waals surface area contributed by atoms with Crippen molar-refractivity contribution in [1.29, 1.82) is 0 Å². The number of nitrogens with two attached hydrogens (primary N) is 1. The van der Waals surface area contributed by atoms with Crippen molar-refractivity contribution in [2.45, 2.75) is 36.5 Å². The minimum absolute atomic E-state index is 0.0220. The van der Waals surface area contributed by atoms with Crippen molar-refractivity contribution in [1.82, 2.24) is 9.46 Å². The summed E-state index contributed by atoms with van der Waals surface area (Å²) in [5.74, 6) is -0.502. The lowest BCUT2D eigenvalue weighted by Gasteiger charge is -2.30. The molecule has 0 unspecified atom stereocenters. The number of hydrogen-bond donors (Lipinski definition) is 2. The number of hydrogen-bond acceptors (Lipinski definition) is 7. The summed E-state index contributed by atoms with van der Waals surface area (Å²) in [6.45, 7) is 3.90. The average molecular weight is 545 g/mol. The summed E-state index contributed by atoms with van der Waals surface area (Å²) in [6.07, 6.45) is 4.03. The highest BCUT2D eigenvalue weighted by Crippen LogP contribution is 2.29. The van der Waals surface area contributed by atoms with Crippen LogP contribution in [0.4, 0.5) is 5.69 Å². The lowest BCUT2D eigenvalue weighted by Crippen LogP contribution is -2.41. The summed E-state index contributed by atoms with van der Waals surface area (Å²) in [6, 6.07) is 13.3. The Hall–Kier alpha value is -3.32. The zero-order chi connectivity index (χ0) is 26.8. The molecule has 0 spiro atoms. The van der Waals surface area contributed by atoms with Crippen molar-refractivity contribution in [3.05, 3.63) is 71.1 Å². The van der Waals surface area contributed by atoms with Crippen LogP contribution in [0, 0.1) is 19.8 Å². The van der Waals surface area contributed by atoms with Crippen LogP contribution >= 0.6 is 0 Å². The number of piperidine rings is 1. The van der Waals surface area contributed by atoms with Crippen LogP contribution in [-0.4, -0.2) is 45.3 Å². The number of nitrogens with zero attached hydrogens (tertiary/aromatic N) is 2. The van der Waals surface area contributed by atoms with Crippen LogP contribution in [0.15, 0.2) is 62.8 Å². The number of amides is 1. The molecule has 0 atom stereocenters. The topological polar surface area (TPSA) is 153 Å². The van der Waals surface area contributed by atoms with E-state index in [1.54, 1.807) is 19.1 Å². The van der Waals surface area contributed by atoms with Crippen molar-refractivity contribution < 1.29 is 26.2 Å². The summed E-state index contributed by atoms with van der Waals surface area (Å²) in [5.41, 5.74) is 2.71. The first-order chi connectivity index (χ1) is 17.4. The summed E-state index contributed by atoms with van der Waals surface area (Å²) >= 11 is 0. The molecule has 1 aliphatic heterocycles. The third-order valence-corrected chi connectivity index (χ3v) is 9.20. The summed E-state index contributed by atoms with van der Waals surface area (Å²) in [7, 11) is -7.72. The van der Waals surface area contributed by atoms with Crippen molar-refractivity contribution in [2.75, 3.05) is 18.4 Å². The lowest BCUT2D eigenvalue weighted by molar-refractivity contribution is -0.120. The second kappa shape index (κ2) is 10.6. The number of carbonyl (C=O) groups excluding carboxylic acids is 1. The van der Waals surface area contributed by atoms with E-state index in [0.717, 1.165) is 11.1 Å². The molecule has 0 radical (unpaired) electrons. The molecule has 12 heteroatoms. The molecule has 1 fully saturated rings. The van der Waals surface area contributed by atoms with Crippen LogP contribution in [0.5, 0.6) is 0 Å². The minimum atomic E-state index is -3.89. The molecule has 1 saturated heterocycles. The first-order valence-electron chi connectivity index (χ1n) is 11.6. The van der Waals surface area contributed by atoms with Gasteiger partial charge in [0, 0.05) is 24.7 Å². The molecule has 1 aromatic heterocycles. The van der Waals surface area contributed by atoms with Gasteiger partial charge >= 0.3 is 0 Å². The first kappa shape index (κ1) is 26.7. The monoisotopic (exact) mass is 544 g/mol. The van der Waals surface area contributed by atoms with Gasteiger partial charge in [0.2, 0.25) is 26.0 Å². The highest BCUT2D eigenvalue weighted by molar-refractivity contribution is 7.89. The maximum Gasteiger partial charge on any atom is 0.248 e. The van der Waals surface area contributed by atoms with E-state index < -0.39 is 26.0 Å². The highest BCUT2D eigenvalue weighted by Gasteiger charge is 2.36. The summed E-state index contributed by atoms with van der Waals surface area (Å²) < 4.78 is 56.4. The first-order valence-corrected chi connectivity index (χ1v) is 14.6. The number of aryl methyl sites for hydroxylation is 2. The van der Waals surface area contributed by atoms with Crippen molar-refractivity contribution in [3.8, 4) is 0 Å². The van der Waals surface area contributed by atoms with Crippen LogP contribution < -0.4 is 10.5 Å². The van der Waals surface area contributed by atoms with Crippen LogP contribution in [-0.2, 0) is 24.8 Å². The van der Waals surface area contributed by atoms with E-state index in [9.17, 15) is 21.6 Å². The Morgan fingerprint density at radius 2 is 1.62 bits per heavy atom. The Kier molecular flexibility index (Phi) is 7.64. The van der Waals surface area contributed by atoms with Crippen LogP contribution in [0.3, 0.4) is 0 Å². The molecule has 196 valence electrons. The third kappa shape index (κ3) is 6.16. The Balaban J connectivity index is 1.42. The van der Waals surface area contributed by atoms with Gasteiger partial charge in [-0.25, -0.2) is 22.0 Å². The molecule has 0 saturated carbocycles. The van der Waals surface area contributed by atoms with E-state index in [0.29, 0.717) is 18.5 Å². The molecule has 1 amide bonds. The molecule has 3 N–H and O–H groups in total. The lowest BCUT2D eigenvalue weighted by atomic mass is 9.97. The van der Waals surface area contributed by atoms with Crippen molar-refractivity contribution in [3.63, 3.8) is 0 Å². The number of anilines is 1. The maximum atomic E-state index is 13.5. The molecule has 0 aliphatic carbocycles. The van der Waals surface area contributed by atoms with Gasteiger partial charge in [0.05, 0.1) is 4.90 Å². The number of rotatable bonds is 7. The smallest absolute Gasteiger partial charge is 0.248 e. The fourth-order valence-electron chi connectivity index (χ4n) is 4.11.